The third-order valence-electron chi connectivity index (χ3n) is 8.65. The van der Waals surface area contributed by atoms with E-state index in [4.69, 9.17) is 9.47 Å². The van der Waals surface area contributed by atoms with Gasteiger partial charge in [0.1, 0.15) is 6.61 Å². The number of ether oxygens (including phenoxy) is 2. The van der Waals surface area contributed by atoms with E-state index in [0.29, 0.717) is 12.8 Å². The van der Waals surface area contributed by atoms with Crippen molar-refractivity contribution >= 4 is 11.9 Å². The molecule has 5 heteroatoms. The van der Waals surface area contributed by atoms with Crippen molar-refractivity contribution in [1.82, 2.24) is 0 Å². The average molecular weight is 611 g/mol. The Labute approximate surface area is 268 Å². The molecule has 0 amide bonds. The van der Waals surface area contributed by atoms with Crippen molar-refractivity contribution in [3.63, 3.8) is 0 Å². The number of hydrogen-bond donors (Lipinski definition) is 1. The van der Waals surface area contributed by atoms with Crippen LogP contribution in [0, 0.1) is 0 Å². The standard InChI is InChI=1S/C38H74O5/c1-3-5-7-9-11-13-15-16-17-18-19-20-21-22-23-25-27-29-31-33-38(41)43-36(34-39)35-42-37(40)32-30-28-26-24-14-12-10-8-6-4-2/h36,39H,3-35H2,1-2H3. The molecule has 0 bridgehead atoms. The number of carbonyl (C=O) groups excluding carboxylic acids is 2. The second-order valence-corrected chi connectivity index (χ2v) is 13.0. The number of carbonyl (C=O) groups is 2. The molecule has 0 aliphatic heterocycles. The molecule has 1 atom stereocenters. The maximum atomic E-state index is 12.1. The van der Waals surface area contributed by atoms with Gasteiger partial charge in [0.2, 0.25) is 0 Å². The minimum Gasteiger partial charge on any atom is -0.462 e. The van der Waals surface area contributed by atoms with Gasteiger partial charge in [0, 0.05) is 12.8 Å². The Morgan fingerprint density at radius 2 is 0.721 bits per heavy atom. The van der Waals surface area contributed by atoms with Gasteiger partial charge in [0.05, 0.1) is 6.61 Å². The van der Waals surface area contributed by atoms with E-state index in [2.05, 4.69) is 13.8 Å². The molecule has 0 fully saturated rings. The van der Waals surface area contributed by atoms with Crippen molar-refractivity contribution < 1.29 is 24.2 Å². The Balaban J connectivity index is 3.47. The second-order valence-electron chi connectivity index (χ2n) is 13.0. The fourth-order valence-corrected chi connectivity index (χ4v) is 5.73. The maximum Gasteiger partial charge on any atom is 0.306 e. The Morgan fingerprint density at radius 3 is 1.02 bits per heavy atom. The van der Waals surface area contributed by atoms with E-state index < -0.39 is 6.10 Å². The molecule has 0 aromatic carbocycles. The highest BCUT2D eigenvalue weighted by molar-refractivity contribution is 5.70. The Kier molecular flexibility index (Phi) is 34.5. The molecule has 0 radical (unpaired) electrons. The van der Waals surface area contributed by atoms with Gasteiger partial charge in [-0.1, -0.05) is 187 Å². The van der Waals surface area contributed by atoms with Crippen LogP contribution in [-0.4, -0.2) is 36.4 Å². The summed E-state index contributed by atoms with van der Waals surface area (Å²) in [4.78, 5) is 24.1. The zero-order valence-electron chi connectivity index (χ0n) is 29.0. The molecule has 1 unspecified atom stereocenters. The van der Waals surface area contributed by atoms with Crippen LogP contribution in [0.1, 0.15) is 213 Å². The number of hydrogen-bond acceptors (Lipinski definition) is 5. The Bertz CT molecular complexity index is 579. The summed E-state index contributed by atoms with van der Waals surface area (Å²) in [5, 5.41) is 9.52. The van der Waals surface area contributed by atoms with Crippen molar-refractivity contribution in [2.75, 3.05) is 13.2 Å². The molecule has 0 aliphatic carbocycles. The van der Waals surface area contributed by atoms with E-state index in [1.807, 2.05) is 0 Å². The summed E-state index contributed by atoms with van der Waals surface area (Å²) in [6, 6.07) is 0. The van der Waals surface area contributed by atoms with Crippen LogP contribution in [0.4, 0.5) is 0 Å². The molecule has 256 valence electrons. The average Bonchev–Trinajstić information content (AvgIpc) is 3.01. The fraction of sp³-hybridized carbons (Fsp3) is 0.947. The lowest BCUT2D eigenvalue weighted by molar-refractivity contribution is -0.161. The first-order valence-electron chi connectivity index (χ1n) is 19.1. The molecular weight excluding hydrogens is 536 g/mol. The third-order valence-corrected chi connectivity index (χ3v) is 8.65. The second kappa shape index (κ2) is 35.4. The first kappa shape index (κ1) is 41.9. The van der Waals surface area contributed by atoms with E-state index in [0.717, 1.165) is 38.5 Å². The molecule has 0 saturated carbocycles. The van der Waals surface area contributed by atoms with Gasteiger partial charge in [-0.3, -0.25) is 9.59 Å². The van der Waals surface area contributed by atoms with Gasteiger partial charge >= 0.3 is 11.9 Å². The van der Waals surface area contributed by atoms with Crippen molar-refractivity contribution in [1.29, 1.82) is 0 Å². The van der Waals surface area contributed by atoms with Crippen molar-refractivity contribution in [3.8, 4) is 0 Å². The fourth-order valence-electron chi connectivity index (χ4n) is 5.73. The lowest BCUT2D eigenvalue weighted by atomic mass is 10.0. The first-order chi connectivity index (χ1) is 21.1. The van der Waals surface area contributed by atoms with Gasteiger partial charge in [0.15, 0.2) is 6.10 Å². The van der Waals surface area contributed by atoms with Gasteiger partial charge in [-0.25, -0.2) is 0 Å². The predicted octanol–water partition coefficient (Wildman–Crippen LogP) is 11.6. The minimum absolute atomic E-state index is 0.0575. The number of unbranched alkanes of at least 4 members (excludes halogenated alkanes) is 27. The quantitative estimate of drug-likeness (QED) is 0.0571. The predicted molar refractivity (Wildman–Crippen MR) is 182 cm³/mol. The van der Waals surface area contributed by atoms with E-state index >= 15 is 0 Å². The summed E-state index contributed by atoms with van der Waals surface area (Å²) in [6.45, 7) is 4.14. The molecule has 0 saturated heterocycles. The van der Waals surface area contributed by atoms with Gasteiger partial charge < -0.3 is 14.6 Å². The van der Waals surface area contributed by atoms with E-state index in [9.17, 15) is 14.7 Å². The summed E-state index contributed by atoms with van der Waals surface area (Å²) in [6.07, 6.45) is 37.4. The summed E-state index contributed by atoms with van der Waals surface area (Å²) < 4.78 is 10.6. The molecule has 0 heterocycles. The van der Waals surface area contributed by atoms with E-state index in [1.165, 1.54) is 148 Å². The maximum absolute atomic E-state index is 12.1. The molecule has 0 aromatic rings. The van der Waals surface area contributed by atoms with Crippen LogP contribution in [0.25, 0.3) is 0 Å². The zero-order chi connectivity index (χ0) is 31.5. The zero-order valence-corrected chi connectivity index (χ0v) is 29.0. The van der Waals surface area contributed by atoms with Crippen LogP contribution >= 0.6 is 0 Å². The Morgan fingerprint density at radius 1 is 0.442 bits per heavy atom. The number of rotatable bonds is 35. The smallest absolute Gasteiger partial charge is 0.306 e. The van der Waals surface area contributed by atoms with Crippen molar-refractivity contribution in [2.24, 2.45) is 0 Å². The summed E-state index contributed by atoms with van der Waals surface area (Å²) in [7, 11) is 0. The largest absolute Gasteiger partial charge is 0.462 e. The van der Waals surface area contributed by atoms with Crippen LogP contribution in [-0.2, 0) is 19.1 Å². The van der Waals surface area contributed by atoms with Crippen LogP contribution in [0.5, 0.6) is 0 Å². The molecule has 0 rings (SSSR count). The number of aliphatic hydroxyl groups is 1. The SMILES string of the molecule is CCCCCCCCCCCCCCCCCCCCCC(=O)OC(CO)COC(=O)CCCCCCCCCCCC. The molecule has 0 aromatic heterocycles. The van der Waals surface area contributed by atoms with Crippen LogP contribution in [0.3, 0.4) is 0 Å². The summed E-state index contributed by atoms with van der Waals surface area (Å²) in [5.74, 6) is -0.579. The van der Waals surface area contributed by atoms with Gasteiger partial charge in [0.25, 0.3) is 0 Å². The highest BCUT2D eigenvalue weighted by atomic mass is 16.6. The first-order valence-corrected chi connectivity index (χ1v) is 19.1. The number of esters is 2. The van der Waals surface area contributed by atoms with Crippen LogP contribution in [0.2, 0.25) is 0 Å². The summed E-state index contributed by atoms with van der Waals surface area (Å²) in [5.41, 5.74) is 0. The van der Waals surface area contributed by atoms with Gasteiger partial charge in [-0.05, 0) is 12.8 Å². The van der Waals surface area contributed by atoms with Crippen molar-refractivity contribution in [3.05, 3.63) is 0 Å². The van der Waals surface area contributed by atoms with Crippen LogP contribution in [0.15, 0.2) is 0 Å². The lowest BCUT2D eigenvalue weighted by Gasteiger charge is -2.15. The monoisotopic (exact) mass is 611 g/mol. The lowest BCUT2D eigenvalue weighted by Crippen LogP contribution is -2.28. The van der Waals surface area contributed by atoms with Gasteiger partial charge in [-0.15, -0.1) is 0 Å². The molecule has 5 nitrogen and oxygen atoms in total. The molecular formula is C38H74O5. The minimum atomic E-state index is -0.760. The Hall–Kier alpha value is -1.10. The third kappa shape index (κ3) is 33.6. The highest BCUT2D eigenvalue weighted by Crippen LogP contribution is 2.15. The molecule has 0 spiro atoms. The van der Waals surface area contributed by atoms with Crippen LogP contribution < -0.4 is 0 Å². The van der Waals surface area contributed by atoms with Gasteiger partial charge in [-0.2, -0.15) is 0 Å². The highest BCUT2D eigenvalue weighted by Gasteiger charge is 2.16. The van der Waals surface area contributed by atoms with Crippen molar-refractivity contribution in [2.45, 2.75) is 219 Å². The molecule has 0 aliphatic rings. The summed E-state index contributed by atoms with van der Waals surface area (Å²) >= 11 is 0. The molecule has 43 heavy (non-hydrogen) atoms. The normalized spacial score (nSPS) is 12.0. The van der Waals surface area contributed by atoms with E-state index in [1.54, 1.807) is 0 Å². The molecule has 1 N–H and O–H groups in total. The number of aliphatic hydroxyl groups excluding tert-OH is 1. The topological polar surface area (TPSA) is 72.8 Å². The van der Waals surface area contributed by atoms with E-state index in [-0.39, 0.29) is 25.2 Å².